The molecule has 0 bridgehead atoms. The number of hydrogen-bond donors (Lipinski definition) is 2. The molecule has 11 heteroatoms. The number of hydrogen-bond acceptors (Lipinski definition) is 7. The summed E-state index contributed by atoms with van der Waals surface area (Å²) in [6.45, 7) is 11.1. The van der Waals surface area contributed by atoms with Crippen LogP contribution < -0.4 is 5.32 Å². The minimum atomic E-state index is -3.52. The highest BCUT2D eigenvalue weighted by molar-refractivity contribution is 7.91. The molecule has 3 heterocycles. The summed E-state index contributed by atoms with van der Waals surface area (Å²) < 4.78 is 33.5. The molecule has 37 heavy (non-hydrogen) atoms. The van der Waals surface area contributed by atoms with Gasteiger partial charge < -0.3 is 14.8 Å². The zero-order valence-electron chi connectivity index (χ0n) is 22.2. The van der Waals surface area contributed by atoms with Crippen LogP contribution in [0, 0.1) is 6.92 Å². The first kappa shape index (κ1) is 28.0. The summed E-state index contributed by atoms with van der Waals surface area (Å²) in [5, 5.41) is 8.27. The van der Waals surface area contributed by atoms with Crippen molar-refractivity contribution in [1.29, 1.82) is 0 Å². The number of ether oxygens (including phenoxy) is 1. The number of amides is 1. The monoisotopic (exact) mass is 563 g/mol. The fourth-order valence-corrected chi connectivity index (χ4v) is 7.72. The van der Waals surface area contributed by atoms with E-state index in [9.17, 15) is 18.0 Å². The van der Waals surface area contributed by atoms with Crippen molar-refractivity contribution in [1.82, 2.24) is 9.78 Å². The Bertz CT molecular complexity index is 1380. The van der Waals surface area contributed by atoms with Gasteiger partial charge in [0.1, 0.15) is 4.83 Å². The number of aryl methyl sites for hydroxylation is 1. The van der Waals surface area contributed by atoms with Crippen LogP contribution in [0.1, 0.15) is 60.9 Å². The summed E-state index contributed by atoms with van der Waals surface area (Å²) in [5.74, 6) is -0.276. The highest BCUT2D eigenvalue weighted by Crippen LogP contribution is 2.40. The Morgan fingerprint density at radius 3 is 2.65 bits per heavy atom. The zero-order chi connectivity index (χ0) is 27.0. The van der Waals surface area contributed by atoms with E-state index < -0.39 is 18.2 Å². The quantitative estimate of drug-likeness (QED) is 0.331. The Kier molecular flexibility index (Phi) is 8.02. The van der Waals surface area contributed by atoms with Crippen LogP contribution in [0.4, 0.5) is 5.69 Å². The number of anilines is 1. The van der Waals surface area contributed by atoms with E-state index in [0.717, 1.165) is 28.8 Å². The second-order valence-corrected chi connectivity index (χ2v) is 18.7. The normalized spacial score (nSPS) is 15.8. The SMILES string of the molecule is Cc1nn(C2CCOCC2)c2sc(C(=O)Nc3cccc(S(=O)(=O)CCCC(C)(C)[Si](C)(C)O)c3)cc12. The van der Waals surface area contributed by atoms with Crippen LogP contribution in [0.15, 0.2) is 35.2 Å². The van der Waals surface area contributed by atoms with E-state index in [-0.39, 0.29) is 27.6 Å². The molecule has 0 aliphatic carbocycles. The van der Waals surface area contributed by atoms with Crippen LogP contribution in [0.2, 0.25) is 18.1 Å². The molecule has 0 unspecified atom stereocenters. The fourth-order valence-electron chi connectivity index (χ4n) is 4.45. The van der Waals surface area contributed by atoms with Gasteiger partial charge in [0.05, 0.1) is 27.3 Å². The van der Waals surface area contributed by atoms with Gasteiger partial charge in [-0.2, -0.15) is 5.10 Å². The molecule has 0 saturated carbocycles. The molecule has 0 spiro atoms. The van der Waals surface area contributed by atoms with Crippen molar-refractivity contribution in [3.8, 4) is 0 Å². The van der Waals surface area contributed by atoms with Gasteiger partial charge >= 0.3 is 0 Å². The van der Waals surface area contributed by atoms with Gasteiger partial charge in [-0.1, -0.05) is 19.9 Å². The van der Waals surface area contributed by atoms with Crippen molar-refractivity contribution in [2.45, 2.75) is 75.5 Å². The standard InChI is InChI=1S/C26H37N3O5S2Si/c1-18-22-17-23(35-25(22)29(28-18)20-10-13-34-14-11-20)24(30)27-19-8-6-9-21(16-19)36(31,32)15-7-12-26(2,3)37(4,5)33/h6,8-9,16-17,20,33H,7,10-15H2,1-5H3,(H,27,30). The lowest BCUT2D eigenvalue weighted by Crippen LogP contribution is -2.39. The van der Waals surface area contributed by atoms with Crippen LogP contribution in [0.5, 0.6) is 0 Å². The van der Waals surface area contributed by atoms with Gasteiger partial charge in [0.15, 0.2) is 18.2 Å². The minimum absolute atomic E-state index is 0.00337. The molecule has 0 atom stereocenters. The molecule has 3 aromatic rings. The van der Waals surface area contributed by atoms with E-state index in [0.29, 0.717) is 36.6 Å². The van der Waals surface area contributed by atoms with Gasteiger partial charge in [-0.3, -0.25) is 9.48 Å². The Morgan fingerprint density at radius 2 is 1.97 bits per heavy atom. The second kappa shape index (κ2) is 10.6. The summed E-state index contributed by atoms with van der Waals surface area (Å²) in [6, 6.07) is 8.55. The fraction of sp³-hybridized carbons (Fsp3) is 0.538. The number of nitrogens with zero attached hydrogens (tertiary/aromatic N) is 2. The smallest absolute Gasteiger partial charge is 0.265 e. The molecule has 4 rings (SSSR count). The van der Waals surface area contributed by atoms with Gasteiger partial charge in [0.25, 0.3) is 5.91 Å². The van der Waals surface area contributed by atoms with Gasteiger partial charge in [0, 0.05) is 24.3 Å². The largest absolute Gasteiger partial charge is 0.432 e. The van der Waals surface area contributed by atoms with Crippen molar-refractivity contribution >= 4 is 51.3 Å². The zero-order valence-corrected chi connectivity index (χ0v) is 24.8. The van der Waals surface area contributed by atoms with Crippen LogP contribution >= 0.6 is 11.3 Å². The topological polar surface area (TPSA) is 111 Å². The number of sulfone groups is 1. The Labute approximate surface area is 224 Å². The highest BCUT2D eigenvalue weighted by Gasteiger charge is 2.37. The molecule has 1 aromatic carbocycles. The van der Waals surface area contributed by atoms with E-state index in [1.165, 1.54) is 17.4 Å². The summed E-state index contributed by atoms with van der Waals surface area (Å²) in [6.07, 6.45) is 2.89. The highest BCUT2D eigenvalue weighted by atomic mass is 32.2. The maximum absolute atomic E-state index is 13.1. The molecule has 1 fully saturated rings. The molecule has 2 N–H and O–H groups in total. The van der Waals surface area contributed by atoms with Gasteiger partial charge in [0.2, 0.25) is 0 Å². The molecule has 2 aromatic heterocycles. The van der Waals surface area contributed by atoms with E-state index in [4.69, 9.17) is 9.84 Å². The molecule has 202 valence electrons. The lowest BCUT2D eigenvalue weighted by molar-refractivity contribution is 0.0675. The molecule has 1 amide bonds. The first-order valence-corrected chi connectivity index (χ1v) is 18.1. The van der Waals surface area contributed by atoms with Crippen molar-refractivity contribution in [2.75, 3.05) is 24.3 Å². The van der Waals surface area contributed by atoms with Crippen LogP contribution in [-0.2, 0) is 14.6 Å². The summed E-state index contributed by atoms with van der Waals surface area (Å²) in [4.78, 5) is 25.3. The van der Waals surface area contributed by atoms with E-state index in [2.05, 4.69) is 5.32 Å². The molecule has 1 saturated heterocycles. The van der Waals surface area contributed by atoms with Crippen LogP contribution in [0.25, 0.3) is 10.2 Å². The maximum atomic E-state index is 13.1. The maximum Gasteiger partial charge on any atom is 0.265 e. The number of aromatic nitrogens is 2. The first-order chi connectivity index (χ1) is 17.3. The van der Waals surface area contributed by atoms with Crippen LogP contribution in [0.3, 0.4) is 0 Å². The lowest BCUT2D eigenvalue weighted by atomic mass is 10.1. The number of thiophene rings is 1. The number of benzene rings is 1. The Hall–Kier alpha value is -2.05. The third-order valence-corrected chi connectivity index (χ3v) is 14.1. The number of nitrogens with one attached hydrogen (secondary N) is 1. The second-order valence-electron chi connectivity index (χ2n) is 11.1. The molecular weight excluding hydrogens is 527 g/mol. The third-order valence-electron chi connectivity index (χ3n) is 7.65. The van der Waals surface area contributed by atoms with Crippen molar-refractivity contribution < 1.29 is 22.7 Å². The molecule has 0 radical (unpaired) electrons. The van der Waals surface area contributed by atoms with Crippen LogP contribution in [-0.4, -0.2) is 56.2 Å². The van der Waals surface area contributed by atoms with E-state index >= 15 is 0 Å². The van der Waals surface area contributed by atoms with Crippen molar-refractivity contribution in [3.05, 3.63) is 40.9 Å². The molecule has 1 aliphatic heterocycles. The average molecular weight is 564 g/mol. The lowest BCUT2D eigenvalue weighted by Gasteiger charge is -2.35. The van der Waals surface area contributed by atoms with E-state index in [1.807, 2.05) is 44.6 Å². The molecule has 1 aliphatic rings. The Morgan fingerprint density at radius 1 is 1.27 bits per heavy atom. The summed E-state index contributed by atoms with van der Waals surface area (Å²) >= 11 is 1.40. The number of carbonyl (C=O) groups is 1. The first-order valence-electron chi connectivity index (χ1n) is 12.7. The molecule has 8 nitrogen and oxygen atoms in total. The van der Waals surface area contributed by atoms with Crippen molar-refractivity contribution in [2.24, 2.45) is 0 Å². The third kappa shape index (κ3) is 6.17. The molecular formula is C26H37N3O5S2Si. The van der Waals surface area contributed by atoms with E-state index in [1.54, 1.807) is 18.2 Å². The number of fused-ring (bicyclic) bond motifs is 1. The predicted octanol–water partition coefficient (Wildman–Crippen LogP) is 5.54. The Balaban J connectivity index is 1.46. The number of carbonyl (C=O) groups excluding carboxylic acids is 1. The van der Waals surface area contributed by atoms with Gasteiger partial charge in [-0.05, 0) is 75.0 Å². The minimum Gasteiger partial charge on any atom is -0.432 e. The summed E-state index contributed by atoms with van der Waals surface area (Å²) in [7, 11) is -5.92. The van der Waals surface area contributed by atoms with Crippen molar-refractivity contribution in [3.63, 3.8) is 0 Å². The number of rotatable bonds is 9. The predicted molar refractivity (Wildman–Crippen MR) is 151 cm³/mol. The summed E-state index contributed by atoms with van der Waals surface area (Å²) in [5.41, 5.74) is 1.33. The van der Waals surface area contributed by atoms with Gasteiger partial charge in [-0.25, -0.2) is 8.42 Å². The van der Waals surface area contributed by atoms with Gasteiger partial charge in [-0.15, -0.1) is 11.3 Å². The average Bonchev–Trinajstić information content (AvgIpc) is 3.39.